The fourth-order valence-electron chi connectivity index (χ4n) is 4.54. The molecule has 2 aromatic rings. The van der Waals surface area contributed by atoms with E-state index in [9.17, 15) is 9.59 Å². The minimum atomic E-state index is -0.0744. The Morgan fingerprint density at radius 1 is 0.967 bits per heavy atom. The number of nitrogens with zero attached hydrogens (tertiary/aromatic N) is 7. The van der Waals surface area contributed by atoms with Crippen molar-refractivity contribution in [2.24, 2.45) is 0 Å². The van der Waals surface area contributed by atoms with Gasteiger partial charge in [0.25, 0.3) is 11.1 Å². The molecule has 0 bridgehead atoms. The van der Waals surface area contributed by atoms with E-state index in [0.29, 0.717) is 18.4 Å². The summed E-state index contributed by atoms with van der Waals surface area (Å²) in [6.07, 6.45) is 9.21. The minimum Gasteiger partial charge on any atom is -0.368 e. The van der Waals surface area contributed by atoms with Crippen LogP contribution in [0.15, 0.2) is 34.2 Å². The molecule has 0 amide bonds. The summed E-state index contributed by atoms with van der Waals surface area (Å²) in [6.45, 7) is 5.16. The van der Waals surface area contributed by atoms with Gasteiger partial charge in [-0.15, -0.1) is 0 Å². The smallest absolute Gasteiger partial charge is 0.293 e. The molecule has 0 N–H and O–H groups in total. The Bertz CT molecular complexity index is 1020. The van der Waals surface area contributed by atoms with Crippen molar-refractivity contribution < 1.29 is 0 Å². The van der Waals surface area contributed by atoms with E-state index in [2.05, 4.69) is 26.9 Å². The van der Waals surface area contributed by atoms with E-state index in [0.717, 1.165) is 64.1 Å². The van der Waals surface area contributed by atoms with Crippen LogP contribution in [0, 0.1) is 0 Å². The van der Waals surface area contributed by atoms with Gasteiger partial charge in [-0.3, -0.25) is 9.59 Å². The Kier molecular flexibility index (Phi) is 5.06. The third-order valence-electron chi connectivity index (χ3n) is 6.51. The van der Waals surface area contributed by atoms with Gasteiger partial charge in [0.2, 0.25) is 0 Å². The quantitative estimate of drug-likeness (QED) is 0.734. The molecule has 4 heterocycles. The number of aromatic nitrogens is 4. The maximum absolute atomic E-state index is 12.9. The maximum atomic E-state index is 12.9. The van der Waals surface area contributed by atoms with Gasteiger partial charge in [-0.05, 0) is 32.7 Å². The van der Waals surface area contributed by atoms with Crippen LogP contribution in [0.5, 0.6) is 0 Å². The summed E-state index contributed by atoms with van der Waals surface area (Å²) in [5.41, 5.74) is 0.801. The first kappa shape index (κ1) is 19.3. The molecule has 160 valence electrons. The van der Waals surface area contributed by atoms with Crippen molar-refractivity contribution in [2.75, 3.05) is 56.1 Å². The van der Waals surface area contributed by atoms with E-state index in [1.165, 1.54) is 0 Å². The lowest BCUT2D eigenvalue weighted by atomic mass is 10.1. The van der Waals surface area contributed by atoms with Gasteiger partial charge in [0.15, 0.2) is 5.82 Å². The average molecular weight is 412 g/mol. The topological polar surface area (TPSA) is 79.5 Å². The predicted octanol–water partition coefficient (Wildman–Crippen LogP) is 0.728. The van der Waals surface area contributed by atoms with E-state index in [4.69, 9.17) is 0 Å². The largest absolute Gasteiger partial charge is 0.368 e. The molecule has 3 fully saturated rings. The van der Waals surface area contributed by atoms with Crippen LogP contribution < -0.4 is 20.9 Å². The molecule has 2 aromatic heterocycles. The Hall–Kier alpha value is -2.68. The van der Waals surface area contributed by atoms with Gasteiger partial charge in [0.1, 0.15) is 0 Å². The third-order valence-corrected chi connectivity index (χ3v) is 6.51. The van der Waals surface area contributed by atoms with E-state index >= 15 is 0 Å². The maximum Gasteiger partial charge on any atom is 0.293 e. The second kappa shape index (κ2) is 7.86. The number of rotatable bonds is 4. The molecule has 0 radical (unpaired) electrons. The van der Waals surface area contributed by atoms with Crippen molar-refractivity contribution in [1.82, 2.24) is 24.2 Å². The summed E-state index contributed by atoms with van der Waals surface area (Å²) in [4.78, 5) is 36.7. The summed E-state index contributed by atoms with van der Waals surface area (Å²) in [5, 5.41) is 4.52. The van der Waals surface area contributed by atoms with Crippen LogP contribution in [0.1, 0.15) is 37.8 Å². The van der Waals surface area contributed by atoms with E-state index in [-0.39, 0.29) is 17.2 Å². The summed E-state index contributed by atoms with van der Waals surface area (Å²) in [7, 11) is 2.11. The number of likely N-dealkylation sites (N-methyl/N-ethyl adjacent to an activating group) is 1. The zero-order chi connectivity index (χ0) is 20.7. The highest BCUT2D eigenvalue weighted by Crippen LogP contribution is 2.33. The van der Waals surface area contributed by atoms with Crippen molar-refractivity contribution in [1.29, 1.82) is 0 Å². The highest BCUT2D eigenvalue weighted by atomic mass is 16.1. The lowest BCUT2D eigenvalue weighted by Crippen LogP contribution is -2.46. The molecule has 30 heavy (non-hydrogen) atoms. The standard InChI is InChI=1S/C21H29N7O2/c1-24-9-11-25(12-10-24)18-13-19(29)28(23-14-18)17-3-2-7-26(15-17)20-21(30)27(8-6-22-20)16-4-5-16/h6,8,13-14,16-17H,2-5,7,9-12,15H2,1H3. The van der Waals surface area contributed by atoms with Crippen LogP contribution >= 0.6 is 0 Å². The van der Waals surface area contributed by atoms with Crippen LogP contribution in [-0.2, 0) is 0 Å². The average Bonchev–Trinajstić information content (AvgIpc) is 3.60. The Morgan fingerprint density at radius 2 is 1.77 bits per heavy atom. The zero-order valence-corrected chi connectivity index (χ0v) is 17.5. The van der Waals surface area contributed by atoms with Crippen LogP contribution in [0.3, 0.4) is 0 Å². The molecule has 0 spiro atoms. The van der Waals surface area contributed by atoms with Gasteiger partial charge in [0, 0.05) is 63.8 Å². The molecule has 1 atom stereocenters. The summed E-state index contributed by atoms with van der Waals surface area (Å²) in [6, 6.07) is 1.98. The normalized spacial score (nSPS) is 23.0. The van der Waals surface area contributed by atoms with Crippen molar-refractivity contribution >= 4 is 11.5 Å². The van der Waals surface area contributed by atoms with Gasteiger partial charge in [-0.2, -0.15) is 5.10 Å². The van der Waals surface area contributed by atoms with Gasteiger partial charge >= 0.3 is 0 Å². The molecule has 5 rings (SSSR count). The Balaban J connectivity index is 1.34. The zero-order valence-electron chi connectivity index (χ0n) is 17.5. The molecule has 3 aliphatic rings. The van der Waals surface area contributed by atoms with Gasteiger partial charge in [-0.25, -0.2) is 9.67 Å². The molecule has 1 saturated carbocycles. The first-order chi connectivity index (χ1) is 14.6. The number of piperidine rings is 1. The molecule has 2 aliphatic heterocycles. The monoisotopic (exact) mass is 411 g/mol. The van der Waals surface area contributed by atoms with Gasteiger partial charge in [-0.1, -0.05) is 0 Å². The molecule has 2 saturated heterocycles. The number of hydrogen-bond donors (Lipinski definition) is 0. The minimum absolute atomic E-state index is 0.0219. The SMILES string of the molecule is CN1CCN(c2cnn(C3CCCN(c4nccn(C5CC5)c4=O)C3)c(=O)c2)CC1. The second-order valence-corrected chi connectivity index (χ2v) is 8.72. The van der Waals surface area contributed by atoms with E-state index in [1.807, 2.05) is 11.1 Å². The molecular formula is C21H29N7O2. The van der Waals surface area contributed by atoms with Crippen molar-refractivity contribution in [3.05, 3.63) is 45.4 Å². The molecule has 9 nitrogen and oxygen atoms in total. The van der Waals surface area contributed by atoms with E-state index in [1.54, 1.807) is 27.7 Å². The van der Waals surface area contributed by atoms with Crippen molar-refractivity contribution in [3.8, 4) is 0 Å². The highest BCUT2D eigenvalue weighted by molar-refractivity contribution is 5.43. The van der Waals surface area contributed by atoms with Crippen LogP contribution in [0.2, 0.25) is 0 Å². The first-order valence-corrected chi connectivity index (χ1v) is 10.9. The highest BCUT2D eigenvalue weighted by Gasteiger charge is 2.29. The first-order valence-electron chi connectivity index (χ1n) is 10.9. The Morgan fingerprint density at radius 3 is 2.50 bits per heavy atom. The summed E-state index contributed by atoms with van der Waals surface area (Å²) < 4.78 is 3.40. The lowest BCUT2D eigenvalue weighted by Gasteiger charge is -2.35. The number of piperazine rings is 1. The van der Waals surface area contributed by atoms with E-state index < -0.39 is 0 Å². The Labute approximate surface area is 175 Å². The molecular weight excluding hydrogens is 382 g/mol. The number of anilines is 2. The molecule has 1 unspecified atom stereocenters. The van der Waals surface area contributed by atoms with Crippen LogP contribution in [0.25, 0.3) is 0 Å². The van der Waals surface area contributed by atoms with Crippen molar-refractivity contribution in [3.63, 3.8) is 0 Å². The molecule has 9 heteroatoms. The van der Waals surface area contributed by atoms with Crippen LogP contribution in [-0.4, -0.2) is 70.5 Å². The second-order valence-electron chi connectivity index (χ2n) is 8.72. The van der Waals surface area contributed by atoms with Gasteiger partial charge in [0.05, 0.1) is 17.9 Å². The van der Waals surface area contributed by atoms with Crippen LogP contribution in [0.4, 0.5) is 11.5 Å². The lowest BCUT2D eigenvalue weighted by molar-refractivity contribution is 0.312. The van der Waals surface area contributed by atoms with Crippen molar-refractivity contribution in [2.45, 2.75) is 37.8 Å². The fourth-order valence-corrected chi connectivity index (χ4v) is 4.54. The molecule has 0 aromatic carbocycles. The molecule has 1 aliphatic carbocycles. The summed E-state index contributed by atoms with van der Waals surface area (Å²) >= 11 is 0. The fraction of sp³-hybridized carbons (Fsp3) is 0.619. The predicted molar refractivity (Wildman–Crippen MR) is 115 cm³/mol. The number of hydrogen-bond acceptors (Lipinski definition) is 7. The summed E-state index contributed by atoms with van der Waals surface area (Å²) in [5.74, 6) is 0.496. The van der Waals surface area contributed by atoms with Gasteiger partial charge < -0.3 is 19.3 Å². The third kappa shape index (κ3) is 3.74.